The fourth-order valence-electron chi connectivity index (χ4n) is 4.82. The molecular formula is C16H28N3+. The van der Waals surface area contributed by atoms with Gasteiger partial charge in [0.05, 0.1) is 14.1 Å². The Kier molecular flexibility index (Phi) is 2.38. The molecule has 2 aliphatic rings. The molecule has 2 aliphatic heterocycles. The molecule has 3 atom stereocenters. The SMILES string of the molecule is Cc1c(C)[n+](C)c([C@H]2[C@H]3N2C(C)(C)CC3(C)C)n1C. The molecule has 2 fully saturated rings. The summed E-state index contributed by atoms with van der Waals surface area (Å²) in [6.45, 7) is 14.1. The van der Waals surface area contributed by atoms with Crippen molar-refractivity contribution in [2.75, 3.05) is 0 Å². The summed E-state index contributed by atoms with van der Waals surface area (Å²) in [5, 5.41) is 0. The van der Waals surface area contributed by atoms with E-state index in [1.807, 2.05) is 0 Å². The van der Waals surface area contributed by atoms with Crippen molar-refractivity contribution in [3.8, 4) is 0 Å². The fraction of sp³-hybridized carbons (Fsp3) is 0.812. The maximum absolute atomic E-state index is 2.72. The average molecular weight is 262 g/mol. The van der Waals surface area contributed by atoms with Crippen molar-refractivity contribution in [3.63, 3.8) is 0 Å². The van der Waals surface area contributed by atoms with Crippen molar-refractivity contribution in [1.29, 1.82) is 0 Å². The van der Waals surface area contributed by atoms with Gasteiger partial charge >= 0.3 is 0 Å². The number of aromatic nitrogens is 2. The second-order valence-corrected chi connectivity index (χ2v) is 7.92. The molecule has 106 valence electrons. The van der Waals surface area contributed by atoms with Gasteiger partial charge in [-0.3, -0.25) is 4.90 Å². The lowest BCUT2D eigenvalue weighted by Gasteiger charge is -2.28. The van der Waals surface area contributed by atoms with Crippen LogP contribution in [0.3, 0.4) is 0 Å². The predicted octanol–water partition coefficient (Wildman–Crippen LogP) is 2.40. The summed E-state index contributed by atoms with van der Waals surface area (Å²) >= 11 is 0. The highest BCUT2D eigenvalue weighted by Crippen LogP contribution is 2.64. The van der Waals surface area contributed by atoms with Crippen molar-refractivity contribution in [2.45, 2.75) is 65.6 Å². The minimum atomic E-state index is 0.331. The zero-order valence-electron chi connectivity index (χ0n) is 13.7. The van der Waals surface area contributed by atoms with Gasteiger partial charge in [-0.15, -0.1) is 0 Å². The van der Waals surface area contributed by atoms with Gasteiger partial charge in [0.2, 0.25) is 0 Å². The van der Waals surface area contributed by atoms with Crippen LogP contribution in [-0.4, -0.2) is 21.0 Å². The third kappa shape index (κ3) is 1.51. The highest BCUT2D eigenvalue weighted by Gasteiger charge is 2.71. The summed E-state index contributed by atoms with van der Waals surface area (Å²) in [7, 11) is 4.43. The Labute approximate surface area is 117 Å². The van der Waals surface area contributed by atoms with Crippen molar-refractivity contribution < 1.29 is 4.57 Å². The van der Waals surface area contributed by atoms with Crippen LogP contribution in [0.1, 0.15) is 57.4 Å². The van der Waals surface area contributed by atoms with Crippen LogP contribution >= 0.6 is 0 Å². The molecule has 0 amide bonds. The first-order valence-electron chi connectivity index (χ1n) is 7.40. The Hall–Kier alpha value is -0.830. The summed E-state index contributed by atoms with van der Waals surface area (Å²) < 4.78 is 4.79. The summed E-state index contributed by atoms with van der Waals surface area (Å²) in [5.41, 5.74) is 3.53. The summed E-state index contributed by atoms with van der Waals surface area (Å²) in [6, 6.07) is 1.31. The molecule has 0 bridgehead atoms. The lowest BCUT2D eigenvalue weighted by molar-refractivity contribution is -0.685. The molecule has 3 heteroatoms. The second-order valence-electron chi connectivity index (χ2n) is 7.92. The molecule has 1 aromatic heterocycles. The number of rotatable bonds is 1. The van der Waals surface area contributed by atoms with Crippen LogP contribution in [-0.2, 0) is 14.1 Å². The minimum Gasteiger partial charge on any atom is -0.277 e. The van der Waals surface area contributed by atoms with E-state index in [4.69, 9.17) is 0 Å². The summed E-state index contributed by atoms with van der Waals surface area (Å²) in [5.74, 6) is 1.47. The van der Waals surface area contributed by atoms with Gasteiger partial charge in [-0.25, -0.2) is 9.13 Å². The molecule has 3 heterocycles. The monoisotopic (exact) mass is 262 g/mol. The van der Waals surface area contributed by atoms with Crippen LogP contribution in [0.2, 0.25) is 0 Å². The van der Waals surface area contributed by atoms with E-state index < -0.39 is 0 Å². The zero-order valence-corrected chi connectivity index (χ0v) is 13.7. The first kappa shape index (κ1) is 13.2. The lowest BCUT2D eigenvalue weighted by atomic mass is 9.79. The van der Waals surface area contributed by atoms with Gasteiger partial charge in [0, 0.05) is 25.4 Å². The smallest absolute Gasteiger partial charge is 0.275 e. The number of hydrogen-bond donors (Lipinski definition) is 0. The Bertz CT molecular complexity index is 505. The Balaban J connectivity index is 2.07. The van der Waals surface area contributed by atoms with E-state index in [1.165, 1.54) is 23.6 Å². The molecule has 0 radical (unpaired) electrons. The van der Waals surface area contributed by atoms with Crippen LogP contribution in [0.4, 0.5) is 0 Å². The fourth-order valence-corrected chi connectivity index (χ4v) is 4.82. The third-order valence-corrected chi connectivity index (χ3v) is 5.68. The molecule has 0 N–H and O–H groups in total. The summed E-state index contributed by atoms with van der Waals surface area (Å²) in [4.78, 5) is 2.72. The Morgan fingerprint density at radius 2 is 1.74 bits per heavy atom. The van der Waals surface area contributed by atoms with Crippen molar-refractivity contribution >= 4 is 0 Å². The molecule has 0 aliphatic carbocycles. The van der Waals surface area contributed by atoms with E-state index in [1.54, 1.807) is 0 Å². The highest BCUT2D eigenvalue weighted by molar-refractivity contribution is 5.27. The van der Waals surface area contributed by atoms with Gasteiger partial charge in [0.1, 0.15) is 17.4 Å². The molecule has 1 aromatic rings. The number of nitrogens with zero attached hydrogens (tertiary/aromatic N) is 3. The summed E-state index contributed by atoms with van der Waals surface area (Å²) in [6.07, 6.45) is 1.30. The topological polar surface area (TPSA) is 11.8 Å². The zero-order chi connectivity index (χ0) is 14.3. The Morgan fingerprint density at radius 3 is 2.11 bits per heavy atom. The van der Waals surface area contributed by atoms with E-state index in [9.17, 15) is 0 Å². The van der Waals surface area contributed by atoms with Crippen LogP contribution in [0, 0.1) is 19.3 Å². The van der Waals surface area contributed by atoms with Gasteiger partial charge in [0.25, 0.3) is 5.82 Å². The molecule has 19 heavy (non-hydrogen) atoms. The van der Waals surface area contributed by atoms with E-state index in [2.05, 4.69) is 69.7 Å². The maximum atomic E-state index is 2.72. The van der Waals surface area contributed by atoms with Gasteiger partial charge < -0.3 is 0 Å². The molecule has 3 rings (SSSR count). The maximum Gasteiger partial charge on any atom is 0.275 e. The van der Waals surface area contributed by atoms with Crippen molar-refractivity contribution in [1.82, 2.24) is 9.47 Å². The number of hydrogen-bond acceptors (Lipinski definition) is 1. The largest absolute Gasteiger partial charge is 0.277 e. The van der Waals surface area contributed by atoms with E-state index in [0.717, 1.165) is 0 Å². The predicted molar refractivity (Wildman–Crippen MR) is 76.9 cm³/mol. The number of imidazole rings is 1. The van der Waals surface area contributed by atoms with E-state index >= 15 is 0 Å². The van der Waals surface area contributed by atoms with Crippen LogP contribution < -0.4 is 4.57 Å². The van der Waals surface area contributed by atoms with Crippen LogP contribution in [0.25, 0.3) is 0 Å². The molecule has 3 nitrogen and oxygen atoms in total. The molecule has 2 saturated heterocycles. The van der Waals surface area contributed by atoms with E-state index in [-0.39, 0.29) is 0 Å². The Morgan fingerprint density at radius 1 is 1.16 bits per heavy atom. The minimum absolute atomic E-state index is 0.331. The van der Waals surface area contributed by atoms with Crippen molar-refractivity contribution in [2.24, 2.45) is 19.5 Å². The molecule has 1 unspecified atom stereocenters. The second kappa shape index (κ2) is 3.43. The van der Waals surface area contributed by atoms with E-state index in [0.29, 0.717) is 23.0 Å². The van der Waals surface area contributed by atoms with Gasteiger partial charge in [-0.05, 0) is 25.7 Å². The standard InChI is InChI=1S/C16H28N3/c1-10-11(2)18(8)14(17(10)7)12-13-15(3,4)9-16(5,6)19(12)13/h12-13H,9H2,1-8H3/q+1/t12-,13-,19?/m1/s1. The van der Waals surface area contributed by atoms with Gasteiger partial charge in [0.15, 0.2) is 0 Å². The van der Waals surface area contributed by atoms with Crippen LogP contribution in [0.5, 0.6) is 0 Å². The normalized spacial score (nSPS) is 34.4. The quantitative estimate of drug-likeness (QED) is 0.559. The van der Waals surface area contributed by atoms with Crippen molar-refractivity contribution in [3.05, 3.63) is 17.2 Å². The first-order valence-corrected chi connectivity index (χ1v) is 7.40. The molecule has 0 saturated carbocycles. The third-order valence-electron chi connectivity index (χ3n) is 5.68. The molecule has 0 spiro atoms. The van der Waals surface area contributed by atoms with Gasteiger partial charge in [-0.2, -0.15) is 0 Å². The van der Waals surface area contributed by atoms with Crippen LogP contribution in [0.15, 0.2) is 0 Å². The van der Waals surface area contributed by atoms with Gasteiger partial charge in [-0.1, -0.05) is 13.8 Å². The molecular weight excluding hydrogens is 234 g/mol. The first-order chi connectivity index (χ1) is 8.59. The molecule has 0 aromatic carbocycles. The average Bonchev–Trinajstić information content (AvgIpc) is 2.93. The lowest BCUT2D eigenvalue weighted by Crippen LogP contribution is -2.38. The highest BCUT2D eigenvalue weighted by atomic mass is 15.5. The number of fused-ring (bicyclic) bond motifs is 1. The number of piperidine rings is 1.